The second-order valence-corrected chi connectivity index (χ2v) is 11.7. The number of carbonyl (C=O) groups is 2. The van der Waals surface area contributed by atoms with Crippen molar-refractivity contribution >= 4 is 68.0 Å². The normalized spacial score (nSPS) is 13.6. The van der Waals surface area contributed by atoms with Gasteiger partial charge in [0.15, 0.2) is 7.85 Å². The van der Waals surface area contributed by atoms with Crippen LogP contribution in [-0.2, 0) is 27.8 Å². The van der Waals surface area contributed by atoms with Gasteiger partial charge < -0.3 is 10.2 Å². The Kier molecular flexibility index (Phi) is 7.42. The number of urea groups is 1. The molecule has 1 aliphatic heterocycles. The summed E-state index contributed by atoms with van der Waals surface area (Å²) in [5.41, 5.74) is 1.75. The average Bonchev–Trinajstić information content (AvgIpc) is 3.49. The number of rotatable bonds is 7. The van der Waals surface area contributed by atoms with Crippen LogP contribution >= 0.6 is 11.3 Å². The summed E-state index contributed by atoms with van der Waals surface area (Å²) in [5.74, 6) is -2.21. The van der Waals surface area contributed by atoms with Crippen molar-refractivity contribution in [1.82, 2.24) is 20.0 Å². The number of carbonyl (C=O) groups excluding carboxylic acids is 2. The second kappa shape index (κ2) is 10.8. The molecule has 10 nitrogen and oxygen atoms in total. The third-order valence-electron chi connectivity index (χ3n) is 6.27. The number of fused-ring (bicyclic) bond motifs is 2. The lowest BCUT2D eigenvalue weighted by Crippen LogP contribution is -2.54. The quantitative estimate of drug-likeness (QED) is 0.321. The molecule has 1 atom stereocenters. The van der Waals surface area contributed by atoms with Crippen molar-refractivity contribution in [2.45, 2.75) is 18.9 Å². The van der Waals surface area contributed by atoms with Crippen LogP contribution in [0.25, 0.3) is 10.2 Å². The lowest BCUT2D eigenvalue weighted by molar-refractivity contribution is -0.120. The van der Waals surface area contributed by atoms with Crippen LogP contribution in [-0.4, -0.2) is 57.8 Å². The maximum atomic E-state index is 13.9. The maximum absolute atomic E-state index is 13.9. The standard InChI is InChI=1S/C25H21BF2N6O4S2/c1-33(18-4-5-21-19(13-18)30-24(26)39-21)23(35)20(11-14-9-16(27)12-17(28)10-14)31-25(36)32-40(37,38)34-8-6-15-3-2-7-29-22(15)34/h2-5,7,9-10,12-13,20H,6,8,11H2,1H3,(H2,31,32,36)/t20-/m0/s1. The topological polar surface area (TPSA) is 125 Å². The molecule has 0 unspecified atom stereocenters. The molecule has 2 aromatic heterocycles. The predicted octanol–water partition coefficient (Wildman–Crippen LogP) is 1.94. The Morgan fingerprint density at radius 3 is 2.67 bits per heavy atom. The first-order valence-electron chi connectivity index (χ1n) is 11.9. The number of nitrogens with one attached hydrogen (secondary N) is 2. The number of pyridine rings is 1. The molecule has 0 spiro atoms. The largest absolute Gasteiger partial charge is 0.330 e. The minimum atomic E-state index is -4.38. The zero-order valence-corrected chi connectivity index (χ0v) is 22.6. The van der Waals surface area contributed by atoms with Gasteiger partial charge in [0.25, 0.3) is 0 Å². The predicted molar refractivity (Wildman–Crippen MR) is 148 cm³/mol. The van der Waals surface area contributed by atoms with Gasteiger partial charge in [-0.15, -0.1) is 11.3 Å². The van der Waals surface area contributed by atoms with Crippen molar-refractivity contribution in [3.8, 4) is 0 Å². The van der Waals surface area contributed by atoms with E-state index in [9.17, 15) is 26.8 Å². The highest BCUT2D eigenvalue weighted by atomic mass is 32.2. The summed E-state index contributed by atoms with van der Waals surface area (Å²) in [7, 11) is 2.83. The fraction of sp³-hybridized carbons (Fsp3) is 0.200. The summed E-state index contributed by atoms with van der Waals surface area (Å²) < 4.78 is 57.4. The van der Waals surface area contributed by atoms with E-state index in [1.54, 1.807) is 30.3 Å². The van der Waals surface area contributed by atoms with Gasteiger partial charge in [0.05, 0.1) is 10.2 Å². The molecule has 3 heterocycles. The number of nitrogens with zero attached hydrogens (tertiary/aromatic N) is 4. The Balaban J connectivity index is 1.39. The number of aromatic nitrogens is 2. The van der Waals surface area contributed by atoms with E-state index < -0.39 is 39.8 Å². The first-order chi connectivity index (χ1) is 19.0. The molecule has 0 bridgehead atoms. The highest BCUT2D eigenvalue weighted by molar-refractivity contribution is 7.91. The minimum absolute atomic E-state index is 0.0756. The molecule has 2 N–H and O–H groups in total. The average molecular weight is 582 g/mol. The van der Waals surface area contributed by atoms with E-state index in [1.165, 1.54) is 29.5 Å². The molecule has 1 aliphatic rings. The van der Waals surface area contributed by atoms with Crippen LogP contribution in [0.15, 0.2) is 54.7 Å². The lowest BCUT2D eigenvalue weighted by Gasteiger charge is -2.26. The highest BCUT2D eigenvalue weighted by Gasteiger charge is 2.33. The van der Waals surface area contributed by atoms with Gasteiger partial charge in [0, 0.05) is 42.9 Å². The van der Waals surface area contributed by atoms with Crippen molar-refractivity contribution < 1.29 is 26.8 Å². The molecule has 204 valence electrons. The van der Waals surface area contributed by atoms with E-state index in [1.807, 2.05) is 4.72 Å². The zero-order chi connectivity index (χ0) is 28.6. The highest BCUT2D eigenvalue weighted by Crippen LogP contribution is 2.27. The molecule has 0 fully saturated rings. The summed E-state index contributed by atoms with van der Waals surface area (Å²) in [5, 5.41) is 2.35. The van der Waals surface area contributed by atoms with Crippen molar-refractivity contribution in [2.75, 3.05) is 22.8 Å². The summed E-state index contributed by atoms with van der Waals surface area (Å²) >= 11 is 1.27. The first kappa shape index (κ1) is 27.5. The van der Waals surface area contributed by atoms with Crippen molar-refractivity contribution in [3.05, 3.63) is 77.5 Å². The van der Waals surface area contributed by atoms with Gasteiger partial charge in [-0.1, -0.05) is 6.07 Å². The maximum Gasteiger partial charge on any atom is 0.330 e. The molecule has 5 rings (SSSR count). The fourth-order valence-corrected chi connectivity index (χ4v) is 6.28. The SMILES string of the molecule is [B]c1nc2cc(N(C)C(=O)[C@H](Cc3cc(F)cc(F)c3)NC(=O)NS(=O)(=O)N3CCc4cccnc43)ccc2s1. The van der Waals surface area contributed by atoms with Gasteiger partial charge in [0.1, 0.15) is 23.5 Å². The summed E-state index contributed by atoms with van der Waals surface area (Å²) in [6.45, 7) is 0.0756. The Morgan fingerprint density at radius 1 is 1.18 bits per heavy atom. The third kappa shape index (κ3) is 5.75. The molecule has 3 amide bonds. The van der Waals surface area contributed by atoms with Crippen LogP contribution < -0.4 is 24.2 Å². The number of hydrogen-bond donors (Lipinski definition) is 2. The minimum Gasteiger partial charge on any atom is -0.325 e. The molecular formula is C25H21BF2N6O4S2. The van der Waals surface area contributed by atoms with Crippen LogP contribution in [0.3, 0.4) is 0 Å². The van der Waals surface area contributed by atoms with Gasteiger partial charge in [0.2, 0.25) is 5.91 Å². The van der Waals surface area contributed by atoms with Crippen LogP contribution in [0.1, 0.15) is 11.1 Å². The van der Waals surface area contributed by atoms with E-state index in [2.05, 4.69) is 15.3 Å². The number of hydrogen-bond acceptors (Lipinski definition) is 7. The van der Waals surface area contributed by atoms with Crippen LogP contribution in [0.5, 0.6) is 0 Å². The second-order valence-electron chi connectivity index (χ2n) is 9.02. The van der Waals surface area contributed by atoms with Gasteiger partial charge in [-0.25, -0.2) is 27.6 Å². The summed E-state index contributed by atoms with van der Waals surface area (Å²) in [6.07, 6.45) is 1.52. The van der Waals surface area contributed by atoms with E-state index in [4.69, 9.17) is 7.85 Å². The molecule has 0 saturated carbocycles. The number of anilines is 2. The van der Waals surface area contributed by atoms with Crippen LogP contribution in [0.2, 0.25) is 0 Å². The van der Waals surface area contributed by atoms with Crippen molar-refractivity contribution in [1.29, 1.82) is 0 Å². The smallest absolute Gasteiger partial charge is 0.325 e. The number of amides is 3. The zero-order valence-electron chi connectivity index (χ0n) is 21.0. The molecule has 2 radical (unpaired) electrons. The van der Waals surface area contributed by atoms with E-state index in [0.717, 1.165) is 21.1 Å². The van der Waals surface area contributed by atoms with Gasteiger partial charge in [-0.3, -0.25) is 9.78 Å². The van der Waals surface area contributed by atoms with Gasteiger partial charge >= 0.3 is 16.2 Å². The summed E-state index contributed by atoms with van der Waals surface area (Å²) in [6, 6.07) is 8.55. The van der Waals surface area contributed by atoms with E-state index in [0.29, 0.717) is 34.2 Å². The fourth-order valence-electron chi connectivity index (χ4n) is 4.44. The van der Waals surface area contributed by atoms with Crippen LogP contribution in [0.4, 0.5) is 25.1 Å². The number of likely N-dealkylation sites (N-methyl/N-ethyl adjacent to an activating group) is 1. The Bertz CT molecular complexity index is 1720. The molecule has 0 aliphatic carbocycles. The molecule has 15 heteroatoms. The number of thiazole rings is 1. The molecule has 2 aromatic carbocycles. The van der Waals surface area contributed by atoms with E-state index >= 15 is 0 Å². The monoisotopic (exact) mass is 582 g/mol. The van der Waals surface area contributed by atoms with Gasteiger partial charge in [-0.05, 0) is 53.9 Å². The number of benzene rings is 2. The first-order valence-corrected chi connectivity index (χ1v) is 14.2. The molecule has 40 heavy (non-hydrogen) atoms. The number of halogens is 2. The Morgan fingerprint density at radius 2 is 1.93 bits per heavy atom. The Hall–Kier alpha value is -4.11. The van der Waals surface area contributed by atoms with E-state index in [-0.39, 0.29) is 24.3 Å². The summed E-state index contributed by atoms with van der Waals surface area (Å²) in [4.78, 5) is 36.3. The lowest BCUT2D eigenvalue weighted by atomic mass is 10.0. The molecular weight excluding hydrogens is 561 g/mol. The molecule has 0 saturated heterocycles. The van der Waals surface area contributed by atoms with Crippen molar-refractivity contribution in [3.63, 3.8) is 0 Å². The van der Waals surface area contributed by atoms with Gasteiger partial charge in [-0.2, -0.15) is 8.42 Å². The van der Waals surface area contributed by atoms with Crippen molar-refractivity contribution in [2.24, 2.45) is 0 Å². The Labute approximate surface area is 233 Å². The molecule has 4 aromatic rings. The van der Waals surface area contributed by atoms with Crippen LogP contribution in [0, 0.1) is 11.6 Å². The third-order valence-corrected chi connectivity index (χ3v) is 8.52.